The Hall–Kier alpha value is -1.94. The van der Waals surface area contributed by atoms with Crippen molar-refractivity contribution in [2.24, 2.45) is 0 Å². The van der Waals surface area contributed by atoms with Crippen molar-refractivity contribution < 1.29 is 18.4 Å². The fraction of sp³-hybridized carbons (Fsp3) is 0.188. The molecule has 6 heteroatoms. The molecular formula is C16H18NO4P. The predicted octanol–water partition coefficient (Wildman–Crippen LogP) is 3.76. The van der Waals surface area contributed by atoms with Crippen LogP contribution in [0.4, 0.5) is 0 Å². The molecule has 0 aliphatic rings. The number of nitrogens with one attached hydrogen (secondary N) is 1. The summed E-state index contributed by atoms with van der Waals surface area (Å²) in [6.07, 6.45) is 1.62. The van der Waals surface area contributed by atoms with E-state index in [1.54, 1.807) is 6.08 Å². The maximum absolute atomic E-state index is 12.6. The Balaban J connectivity index is 2.61. The molecule has 0 fully saturated rings. The monoisotopic (exact) mass is 319 g/mol. The highest BCUT2D eigenvalue weighted by Crippen LogP contribution is 2.54. The van der Waals surface area contributed by atoms with Crippen LogP contribution in [0.3, 0.4) is 0 Å². The molecule has 0 heterocycles. The van der Waals surface area contributed by atoms with Crippen LogP contribution in [0.15, 0.2) is 47.9 Å². The summed E-state index contributed by atoms with van der Waals surface area (Å²) < 4.78 is 22.6. The van der Waals surface area contributed by atoms with Gasteiger partial charge in [-0.2, -0.15) is 0 Å². The molecule has 0 aromatic heterocycles. The molecule has 0 unspecified atom stereocenters. The summed E-state index contributed by atoms with van der Waals surface area (Å²) in [4.78, 5) is 11.4. The molecule has 0 aliphatic heterocycles. The van der Waals surface area contributed by atoms with Crippen molar-refractivity contribution >= 4 is 30.4 Å². The van der Waals surface area contributed by atoms with Crippen molar-refractivity contribution in [3.05, 3.63) is 53.5 Å². The summed E-state index contributed by atoms with van der Waals surface area (Å²) in [7, 11) is -0.998. The largest absolute Gasteiger partial charge is 0.376 e. The van der Waals surface area contributed by atoms with Crippen LogP contribution in [0.5, 0.6) is 0 Å². The lowest BCUT2D eigenvalue weighted by atomic mass is 10.0. The Kier molecular flexibility index (Phi) is 5.14. The highest BCUT2D eigenvalue weighted by Gasteiger charge is 2.28. The second-order valence-corrected chi connectivity index (χ2v) is 6.85. The average Bonchev–Trinajstić information content (AvgIpc) is 2.53. The smallest absolute Gasteiger partial charge is 0.320 e. The molecule has 2 aromatic carbocycles. The van der Waals surface area contributed by atoms with Gasteiger partial charge in [0, 0.05) is 21.1 Å². The van der Waals surface area contributed by atoms with Crippen LogP contribution in [-0.4, -0.2) is 20.1 Å². The van der Waals surface area contributed by atoms with Crippen LogP contribution in [0.2, 0.25) is 0 Å². The molecule has 116 valence electrons. The number of hydrogen-bond donors (Lipinski definition) is 1. The number of benzene rings is 2. The van der Waals surface area contributed by atoms with Crippen LogP contribution >= 0.6 is 7.60 Å². The van der Waals surface area contributed by atoms with Gasteiger partial charge in [-0.15, -0.1) is 0 Å². The van der Waals surface area contributed by atoms with Crippen molar-refractivity contribution in [3.8, 4) is 0 Å². The second kappa shape index (κ2) is 6.88. The van der Waals surface area contributed by atoms with Crippen molar-refractivity contribution in [2.75, 3.05) is 14.2 Å². The average molecular weight is 319 g/mol. The van der Waals surface area contributed by atoms with Gasteiger partial charge in [0.05, 0.1) is 0 Å². The molecular weight excluding hydrogens is 301 g/mol. The number of rotatable bonds is 5. The third-order valence-electron chi connectivity index (χ3n) is 3.20. The van der Waals surface area contributed by atoms with Gasteiger partial charge in [0.25, 0.3) is 0 Å². The minimum Gasteiger partial charge on any atom is -0.320 e. The fourth-order valence-corrected chi connectivity index (χ4v) is 3.29. The maximum atomic E-state index is 12.6. The van der Waals surface area contributed by atoms with Crippen molar-refractivity contribution in [1.82, 2.24) is 5.32 Å². The van der Waals surface area contributed by atoms with E-state index in [-0.39, 0.29) is 11.3 Å². The number of carbonyl (C=O) groups is 1. The van der Waals surface area contributed by atoms with Crippen LogP contribution in [0, 0.1) is 0 Å². The van der Waals surface area contributed by atoms with Crippen LogP contribution in [0.1, 0.15) is 12.5 Å². The molecule has 0 bridgehead atoms. The Bertz CT molecular complexity index is 756. The third-order valence-corrected chi connectivity index (χ3v) is 4.99. The number of amides is 1. The van der Waals surface area contributed by atoms with E-state index in [0.717, 1.165) is 16.3 Å². The second-order valence-electron chi connectivity index (χ2n) is 4.64. The summed E-state index contributed by atoms with van der Waals surface area (Å²) in [5.41, 5.74) is 0.928. The summed E-state index contributed by atoms with van der Waals surface area (Å²) in [5, 5.41) is 4.57. The summed E-state index contributed by atoms with van der Waals surface area (Å²) in [5.74, 6) is -0.346. The van der Waals surface area contributed by atoms with E-state index >= 15 is 0 Å². The van der Waals surface area contributed by atoms with E-state index in [2.05, 4.69) is 5.32 Å². The number of fused-ring (bicyclic) bond motifs is 1. The predicted molar refractivity (Wildman–Crippen MR) is 87.4 cm³/mol. The molecule has 0 atom stereocenters. The Morgan fingerprint density at radius 1 is 1.09 bits per heavy atom. The molecule has 0 radical (unpaired) electrons. The highest BCUT2D eigenvalue weighted by molar-refractivity contribution is 7.58. The highest BCUT2D eigenvalue weighted by atomic mass is 31.2. The molecule has 2 aromatic rings. The van der Waals surface area contributed by atoms with Gasteiger partial charge in [-0.05, 0) is 22.4 Å². The lowest BCUT2D eigenvalue weighted by molar-refractivity contribution is -0.118. The third kappa shape index (κ3) is 3.45. The molecule has 22 heavy (non-hydrogen) atoms. The molecule has 1 amide bonds. The van der Waals surface area contributed by atoms with Gasteiger partial charge in [-0.3, -0.25) is 9.36 Å². The molecule has 1 N–H and O–H groups in total. The van der Waals surface area contributed by atoms with Gasteiger partial charge in [0.2, 0.25) is 5.91 Å². The quantitative estimate of drug-likeness (QED) is 0.852. The Labute approximate surface area is 129 Å². The first kappa shape index (κ1) is 16.4. The first-order valence-electron chi connectivity index (χ1n) is 6.69. The van der Waals surface area contributed by atoms with Crippen LogP contribution in [-0.2, 0) is 18.4 Å². The molecule has 0 saturated heterocycles. The molecule has 2 rings (SSSR count). The first-order valence-corrected chi connectivity index (χ1v) is 8.23. The molecule has 0 saturated carbocycles. The molecule has 0 spiro atoms. The minimum absolute atomic E-state index is 0.112. The van der Waals surface area contributed by atoms with Crippen molar-refractivity contribution in [3.63, 3.8) is 0 Å². The zero-order chi connectivity index (χ0) is 16.2. The van der Waals surface area contributed by atoms with Crippen LogP contribution in [0.25, 0.3) is 16.8 Å². The Morgan fingerprint density at radius 2 is 1.73 bits per heavy atom. The van der Waals surface area contributed by atoms with Gasteiger partial charge < -0.3 is 14.4 Å². The van der Waals surface area contributed by atoms with Gasteiger partial charge in [0.15, 0.2) is 0 Å². The SMILES string of the molecule is COP(=O)(OC)/C(=C\c1cccc2ccccc12)NC(C)=O. The minimum atomic E-state index is -3.56. The molecule has 0 aliphatic carbocycles. The van der Waals surface area contributed by atoms with Gasteiger partial charge >= 0.3 is 7.60 Å². The summed E-state index contributed by atoms with van der Waals surface area (Å²) in [6.45, 7) is 1.34. The van der Waals surface area contributed by atoms with E-state index in [4.69, 9.17) is 9.05 Å². The van der Waals surface area contributed by atoms with Gasteiger partial charge in [0.1, 0.15) is 5.44 Å². The number of hydrogen-bond acceptors (Lipinski definition) is 4. The number of carbonyl (C=O) groups excluding carboxylic acids is 1. The maximum Gasteiger partial charge on any atom is 0.376 e. The topological polar surface area (TPSA) is 64.6 Å². The van der Waals surface area contributed by atoms with Crippen molar-refractivity contribution in [2.45, 2.75) is 6.92 Å². The molecule has 5 nitrogen and oxygen atoms in total. The standard InChI is InChI=1S/C16H18NO4P/c1-12(18)17-16(22(19,20-2)21-3)11-14-9-6-8-13-7-4-5-10-15(13)14/h4-11H,1-3H3,(H,17,18)/b16-11-. The first-order chi connectivity index (χ1) is 10.5. The van der Waals surface area contributed by atoms with E-state index in [9.17, 15) is 9.36 Å². The Morgan fingerprint density at radius 3 is 2.36 bits per heavy atom. The van der Waals surface area contributed by atoms with E-state index < -0.39 is 7.60 Å². The van der Waals surface area contributed by atoms with E-state index in [1.807, 2.05) is 42.5 Å². The van der Waals surface area contributed by atoms with Crippen LogP contribution < -0.4 is 5.32 Å². The summed E-state index contributed by atoms with van der Waals surface area (Å²) in [6, 6.07) is 13.6. The normalized spacial score (nSPS) is 12.4. The van der Waals surface area contributed by atoms with Crippen molar-refractivity contribution in [1.29, 1.82) is 0 Å². The van der Waals surface area contributed by atoms with Gasteiger partial charge in [-0.1, -0.05) is 42.5 Å². The zero-order valence-electron chi connectivity index (χ0n) is 12.7. The lowest BCUT2D eigenvalue weighted by Gasteiger charge is -2.17. The lowest BCUT2D eigenvalue weighted by Crippen LogP contribution is -2.20. The van der Waals surface area contributed by atoms with Gasteiger partial charge in [-0.25, -0.2) is 0 Å². The summed E-state index contributed by atoms with van der Waals surface area (Å²) >= 11 is 0. The van der Waals surface area contributed by atoms with E-state index in [0.29, 0.717) is 0 Å². The fourth-order valence-electron chi connectivity index (χ4n) is 2.16. The zero-order valence-corrected chi connectivity index (χ0v) is 13.6. The van der Waals surface area contributed by atoms with E-state index in [1.165, 1.54) is 21.1 Å².